The van der Waals surface area contributed by atoms with Gasteiger partial charge in [0.25, 0.3) is 0 Å². The van der Waals surface area contributed by atoms with E-state index in [1.807, 2.05) is 22.8 Å². The lowest BCUT2D eigenvalue weighted by atomic mass is 10.1. The molecule has 0 bridgehead atoms. The summed E-state index contributed by atoms with van der Waals surface area (Å²) in [7, 11) is 0. The number of nitrogens with two attached hydrogens (primary N) is 1. The van der Waals surface area contributed by atoms with Crippen molar-refractivity contribution >= 4 is 0 Å². The first-order valence-corrected chi connectivity index (χ1v) is 6.81. The van der Waals surface area contributed by atoms with Crippen LogP contribution in [0.3, 0.4) is 0 Å². The normalized spacial score (nSPS) is 10.8. The Morgan fingerprint density at radius 2 is 1.71 bits per heavy atom. The van der Waals surface area contributed by atoms with Gasteiger partial charge in [-0.1, -0.05) is 24.3 Å². The highest BCUT2D eigenvalue weighted by molar-refractivity contribution is 5.58. The van der Waals surface area contributed by atoms with Crippen LogP contribution >= 0.6 is 0 Å². The van der Waals surface area contributed by atoms with Gasteiger partial charge in [0.1, 0.15) is 5.82 Å². The highest BCUT2D eigenvalue weighted by Gasteiger charge is 2.07. The molecule has 2 N–H and O–H groups in total. The van der Waals surface area contributed by atoms with E-state index in [0.717, 1.165) is 16.8 Å². The molecule has 0 aliphatic rings. The lowest BCUT2D eigenvalue weighted by Gasteiger charge is -2.11. The molecule has 1 aromatic heterocycles. The van der Waals surface area contributed by atoms with Crippen molar-refractivity contribution < 1.29 is 4.39 Å². The van der Waals surface area contributed by atoms with Gasteiger partial charge in [0.15, 0.2) is 0 Å². The van der Waals surface area contributed by atoms with E-state index in [1.165, 1.54) is 17.7 Å². The van der Waals surface area contributed by atoms with Gasteiger partial charge >= 0.3 is 0 Å². The van der Waals surface area contributed by atoms with E-state index in [2.05, 4.69) is 11.1 Å². The molecule has 0 saturated carbocycles. The third kappa shape index (κ3) is 2.85. The van der Waals surface area contributed by atoms with Crippen molar-refractivity contribution in [1.29, 1.82) is 0 Å². The summed E-state index contributed by atoms with van der Waals surface area (Å²) in [6.07, 6.45) is 3.57. The van der Waals surface area contributed by atoms with E-state index in [0.29, 0.717) is 13.1 Å². The number of rotatable bonds is 4. The molecule has 0 fully saturated rings. The van der Waals surface area contributed by atoms with Crippen LogP contribution in [0.1, 0.15) is 11.1 Å². The smallest absolute Gasteiger partial charge is 0.123 e. The second-order valence-corrected chi connectivity index (χ2v) is 4.89. The minimum absolute atomic E-state index is 0.238. The minimum atomic E-state index is -0.238. The predicted molar refractivity (Wildman–Crippen MR) is 81.1 cm³/mol. The Labute approximate surface area is 122 Å². The number of hydrogen-bond acceptors (Lipinski definition) is 2. The fourth-order valence-electron chi connectivity index (χ4n) is 2.40. The van der Waals surface area contributed by atoms with Crippen LogP contribution in [-0.2, 0) is 13.1 Å². The van der Waals surface area contributed by atoms with Crippen molar-refractivity contribution in [3.05, 3.63) is 78.0 Å². The zero-order chi connectivity index (χ0) is 14.7. The number of aromatic nitrogens is 2. The second kappa shape index (κ2) is 5.89. The minimum Gasteiger partial charge on any atom is -0.326 e. The topological polar surface area (TPSA) is 43.8 Å². The third-order valence-electron chi connectivity index (χ3n) is 3.53. The Morgan fingerprint density at radius 1 is 1.00 bits per heavy atom. The maximum absolute atomic E-state index is 13.0. The Balaban J connectivity index is 1.94. The Morgan fingerprint density at radius 3 is 2.43 bits per heavy atom. The van der Waals surface area contributed by atoms with Crippen LogP contribution in [0.15, 0.2) is 61.1 Å². The zero-order valence-electron chi connectivity index (χ0n) is 11.5. The van der Waals surface area contributed by atoms with Crippen LogP contribution < -0.4 is 5.73 Å². The van der Waals surface area contributed by atoms with Gasteiger partial charge in [0.2, 0.25) is 0 Å². The summed E-state index contributed by atoms with van der Waals surface area (Å²) in [5.74, 6) is -0.238. The van der Waals surface area contributed by atoms with Crippen LogP contribution in [0, 0.1) is 5.82 Å². The van der Waals surface area contributed by atoms with Crippen molar-refractivity contribution in [2.24, 2.45) is 5.73 Å². The molecule has 3 nitrogen and oxygen atoms in total. The van der Waals surface area contributed by atoms with E-state index in [-0.39, 0.29) is 5.82 Å². The summed E-state index contributed by atoms with van der Waals surface area (Å²) in [4.78, 5) is 4.21. The molecule has 2 aromatic carbocycles. The van der Waals surface area contributed by atoms with Crippen LogP contribution in [0.25, 0.3) is 11.3 Å². The Kier molecular flexibility index (Phi) is 3.79. The molecule has 0 atom stereocenters. The van der Waals surface area contributed by atoms with Crippen LogP contribution in [0.5, 0.6) is 0 Å². The molecule has 0 aliphatic heterocycles. The second-order valence-electron chi connectivity index (χ2n) is 4.89. The van der Waals surface area contributed by atoms with Gasteiger partial charge in [0.05, 0.1) is 18.2 Å². The van der Waals surface area contributed by atoms with E-state index in [9.17, 15) is 4.39 Å². The number of hydrogen-bond donors (Lipinski definition) is 1. The molecule has 0 saturated heterocycles. The van der Waals surface area contributed by atoms with Gasteiger partial charge in [0, 0.05) is 13.1 Å². The lowest BCUT2D eigenvalue weighted by Crippen LogP contribution is -2.06. The Hall–Kier alpha value is -2.46. The molecular formula is C17H16FN3. The zero-order valence-corrected chi connectivity index (χ0v) is 11.5. The average Bonchev–Trinajstić information content (AvgIpc) is 2.97. The summed E-state index contributed by atoms with van der Waals surface area (Å²) < 4.78 is 15.1. The number of benzene rings is 2. The quantitative estimate of drug-likeness (QED) is 0.798. The first-order valence-electron chi connectivity index (χ1n) is 6.81. The molecule has 0 spiro atoms. The van der Waals surface area contributed by atoms with E-state index in [1.54, 1.807) is 24.7 Å². The maximum atomic E-state index is 13.0. The van der Waals surface area contributed by atoms with Crippen LogP contribution in [-0.4, -0.2) is 9.55 Å². The molecular weight excluding hydrogens is 265 g/mol. The van der Waals surface area contributed by atoms with Gasteiger partial charge in [-0.15, -0.1) is 0 Å². The van der Waals surface area contributed by atoms with Gasteiger partial charge < -0.3 is 10.3 Å². The Bertz CT molecular complexity index is 732. The molecule has 0 aliphatic carbocycles. The highest BCUT2D eigenvalue weighted by Crippen LogP contribution is 2.21. The predicted octanol–water partition coefficient (Wildman–Crippen LogP) is 3.20. The average molecular weight is 281 g/mol. The number of imidazole rings is 1. The van der Waals surface area contributed by atoms with Crippen molar-refractivity contribution in [1.82, 2.24) is 9.55 Å². The summed E-state index contributed by atoms with van der Waals surface area (Å²) in [5.41, 5.74) is 9.97. The molecule has 0 amide bonds. The van der Waals surface area contributed by atoms with Gasteiger partial charge in [-0.3, -0.25) is 0 Å². The molecule has 4 heteroatoms. The summed E-state index contributed by atoms with van der Waals surface area (Å²) in [6, 6.07) is 14.5. The molecule has 21 heavy (non-hydrogen) atoms. The van der Waals surface area contributed by atoms with Crippen molar-refractivity contribution in [2.75, 3.05) is 0 Å². The number of halogens is 1. The summed E-state index contributed by atoms with van der Waals surface area (Å²) in [6.45, 7) is 1.21. The van der Waals surface area contributed by atoms with Crippen LogP contribution in [0.4, 0.5) is 4.39 Å². The molecule has 3 rings (SSSR count). The van der Waals surface area contributed by atoms with E-state index < -0.39 is 0 Å². The first kappa shape index (κ1) is 13.5. The lowest BCUT2D eigenvalue weighted by molar-refractivity contribution is 0.628. The van der Waals surface area contributed by atoms with Crippen molar-refractivity contribution in [3.63, 3.8) is 0 Å². The maximum Gasteiger partial charge on any atom is 0.123 e. The standard InChI is InChI=1S/C17H16FN3/c18-16-7-5-13(6-8-16)17-10-20-12-21(17)11-15-4-2-1-3-14(15)9-19/h1-8,10,12H,9,11,19H2. The van der Waals surface area contributed by atoms with Gasteiger partial charge in [-0.25, -0.2) is 9.37 Å². The van der Waals surface area contributed by atoms with E-state index in [4.69, 9.17) is 5.73 Å². The van der Waals surface area contributed by atoms with Crippen molar-refractivity contribution in [2.45, 2.75) is 13.1 Å². The molecule has 1 heterocycles. The molecule has 0 unspecified atom stereocenters. The fraction of sp³-hybridized carbons (Fsp3) is 0.118. The fourth-order valence-corrected chi connectivity index (χ4v) is 2.40. The molecule has 106 valence electrons. The van der Waals surface area contributed by atoms with Gasteiger partial charge in [-0.05, 0) is 41.0 Å². The van der Waals surface area contributed by atoms with Crippen LogP contribution in [0.2, 0.25) is 0 Å². The molecule has 0 radical (unpaired) electrons. The SMILES string of the molecule is NCc1ccccc1Cn1cncc1-c1ccc(F)cc1. The monoisotopic (exact) mass is 281 g/mol. The van der Waals surface area contributed by atoms with E-state index >= 15 is 0 Å². The van der Waals surface area contributed by atoms with Gasteiger partial charge in [-0.2, -0.15) is 0 Å². The third-order valence-corrected chi connectivity index (χ3v) is 3.53. The highest BCUT2D eigenvalue weighted by atomic mass is 19.1. The number of nitrogens with zero attached hydrogens (tertiary/aromatic N) is 2. The first-order chi connectivity index (χ1) is 10.3. The largest absolute Gasteiger partial charge is 0.326 e. The van der Waals surface area contributed by atoms with Crippen molar-refractivity contribution in [3.8, 4) is 11.3 Å². The summed E-state index contributed by atoms with van der Waals surface area (Å²) >= 11 is 0. The summed E-state index contributed by atoms with van der Waals surface area (Å²) in [5, 5.41) is 0. The molecule has 3 aromatic rings.